The Hall–Kier alpha value is -2.31. The van der Waals surface area contributed by atoms with Crippen LogP contribution in [0.1, 0.15) is 11.1 Å². The van der Waals surface area contributed by atoms with Crippen LogP contribution in [0.4, 0.5) is 5.69 Å². The minimum Gasteiger partial charge on any atom is -0.493 e. The van der Waals surface area contributed by atoms with E-state index < -0.39 is 0 Å². The highest BCUT2D eigenvalue weighted by Crippen LogP contribution is 2.32. The van der Waals surface area contributed by atoms with E-state index in [9.17, 15) is 4.79 Å². The molecule has 2 aromatic carbocycles. The number of benzene rings is 2. The van der Waals surface area contributed by atoms with Crippen molar-refractivity contribution in [1.82, 2.24) is 4.90 Å². The van der Waals surface area contributed by atoms with E-state index in [0.29, 0.717) is 28.2 Å². The van der Waals surface area contributed by atoms with Crippen molar-refractivity contribution >= 4 is 40.5 Å². The summed E-state index contributed by atoms with van der Waals surface area (Å²) in [5.74, 6) is 1.23. The highest BCUT2D eigenvalue weighted by atomic mass is 35.5. The number of rotatable bonds is 5. The van der Waals surface area contributed by atoms with Gasteiger partial charge in [-0.25, -0.2) is 0 Å². The molecule has 5 nitrogen and oxygen atoms in total. The number of hydrogen-bond donors (Lipinski definition) is 0. The third-order valence-corrected chi connectivity index (χ3v) is 5.19. The second-order valence-corrected chi connectivity index (χ2v) is 6.71. The fourth-order valence-corrected chi connectivity index (χ4v) is 3.45. The molecule has 1 fully saturated rings. The molecule has 7 heteroatoms. The summed E-state index contributed by atoms with van der Waals surface area (Å²) in [4.78, 5) is 16.0. The van der Waals surface area contributed by atoms with E-state index in [4.69, 9.17) is 33.3 Å². The smallest absolute Gasteiger partial charge is 0.252 e. The lowest BCUT2D eigenvalue weighted by molar-refractivity contribution is -0.116. The van der Waals surface area contributed by atoms with Crippen LogP contribution < -0.4 is 14.4 Å². The lowest BCUT2D eigenvalue weighted by atomic mass is 10.2. The molecule has 26 heavy (non-hydrogen) atoms. The third-order valence-electron chi connectivity index (χ3n) is 4.34. The molecule has 1 saturated heterocycles. The molecule has 2 aromatic rings. The number of nitrogens with zero attached hydrogens (tertiary/aromatic N) is 2. The number of methoxy groups -OCH3 is 2. The lowest BCUT2D eigenvalue weighted by Gasteiger charge is -2.22. The van der Waals surface area contributed by atoms with E-state index >= 15 is 0 Å². The van der Waals surface area contributed by atoms with Crippen molar-refractivity contribution in [1.29, 1.82) is 0 Å². The first-order chi connectivity index (χ1) is 12.5. The molecule has 1 amide bonds. The number of halogens is 1. The van der Waals surface area contributed by atoms with Crippen molar-refractivity contribution in [2.24, 2.45) is 0 Å². The SMILES string of the molecule is COc1ccc(CN2CC(=O)N(c3cccc(Cl)c3C)C2=S)cc1OC. The Morgan fingerprint density at radius 3 is 2.58 bits per heavy atom. The quantitative estimate of drug-likeness (QED) is 0.726. The second kappa shape index (κ2) is 7.51. The van der Waals surface area contributed by atoms with Gasteiger partial charge in [0, 0.05) is 11.6 Å². The molecular weight excluding hydrogens is 372 g/mol. The molecule has 0 radical (unpaired) electrons. The molecule has 0 saturated carbocycles. The van der Waals surface area contributed by atoms with Crippen LogP contribution in [-0.2, 0) is 11.3 Å². The molecule has 1 aliphatic rings. The van der Waals surface area contributed by atoms with Gasteiger partial charge in [-0.15, -0.1) is 0 Å². The molecule has 0 bridgehead atoms. The second-order valence-electron chi connectivity index (χ2n) is 5.94. The Labute approximate surface area is 163 Å². The molecular formula is C19H19ClN2O3S. The van der Waals surface area contributed by atoms with E-state index in [-0.39, 0.29) is 12.5 Å². The summed E-state index contributed by atoms with van der Waals surface area (Å²) in [7, 11) is 3.19. The van der Waals surface area contributed by atoms with Crippen molar-refractivity contribution in [3.05, 3.63) is 52.5 Å². The van der Waals surface area contributed by atoms with Gasteiger partial charge in [-0.3, -0.25) is 9.69 Å². The van der Waals surface area contributed by atoms with Gasteiger partial charge in [0.1, 0.15) is 6.54 Å². The maximum absolute atomic E-state index is 12.6. The summed E-state index contributed by atoms with van der Waals surface area (Å²) in [5.41, 5.74) is 2.53. The number of hydrogen-bond acceptors (Lipinski definition) is 4. The van der Waals surface area contributed by atoms with E-state index in [2.05, 4.69) is 0 Å². The summed E-state index contributed by atoms with van der Waals surface area (Å²) in [5, 5.41) is 1.08. The normalized spacial score (nSPS) is 14.2. The van der Waals surface area contributed by atoms with Crippen molar-refractivity contribution < 1.29 is 14.3 Å². The van der Waals surface area contributed by atoms with E-state index in [0.717, 1.165) is 16.8 Å². The van der Waals surface area contributed by atoms with E-state index in [1.165, 1.54) is 0 Å². The van der Waals surface area contributed by atoms with Gasteiger partial charge in [-0.05, 0) is 54.5 Å². The zero-order chi connectivity index (χ0) is 18.8. The number of anilines is 1. The Bertz CT molecular complexity index is 872. The van der Waals surface area contributed by atoms with Crippen LogP contribution in [0.15, 0.2) is 36.4 Å². The van der Waals surface area contributed by atoms with Crippen molar-refractivity contribution in [3.8, 4) is 11.5 Å². The van der Waals surface area contributed by atoms with Gasteiger partial charge in [0.15, 0.2) is 16.6 Å². The highest BCUT2D eigenvalue weighted by molar-refractivity contribution is 7.80. The molecule has 0 aromatic heterocycles. The van der Waals surface area contributed by atoms with Crippen LogP contribution in [0.2, 0.25) is 5.02 Å². The minimum absolute atomic E-state index is 0.0687. The van der Waals surface area contributed by atoms with Crippen LogP contribution in [0, 0.1) is 6.92 Å². The average molecular weight is 391 g/mol. The maximum atomic E-state index is 12.6. The summed E-state index contributed by atoms with van der Waals surface area (Å²) in [6, 6.07) is 11.1. The van der Waals surface area contributed by atoms with E-state index in [1.54, 1.807) is 25.2 Å². The monoisotopic (exact) mass is 390 g/mol. The highest BCUT2D eigenvalue weighted by Gasteiger charge is 2.34. The van der Waals surface area contributed by atoms with Gasteiger partial charge in [0.05, 0.1) is 19.9 Å². The zero-order valence-electron chi connectivity index (χ0n) is 14.8. The topological polar surface area (TPSA) is 42.0 Å². The Balaban J connectivity index is 1.84. The average Bonchev–Trinajstić information content (AvgIpc) is 2.91. The van der Waals surface area contributed by atoms with Crippen LogP contribution in [0.3, 0.4) is 0 Å². The van der Waals surface area contributed by atoms with Crippen LogP contribution in [-0.4, -0.2) is 36.7 Å². The van der Waals surface area contributed by atoms with Crippen molar-refractivity contribution in [2.45, 2.75) is 13.5 Å². The van der Waals surface area contributed by atoms with Crippen LogP contribution in [0.25, 0.3) is 0 Å². The fraction of sp³-hybridized carbons (Fsp3) is 0.263. The molecule has 0 atom stereocenters. The molecule has 0 aliphatic carbocycles. The maximum Gasteiger partial charge on any atom is 0.252 e. The predicted octanol–water partition coefficient (Wildman–Crippen LogP) is 3.80. The molecule has 136 valence electrons. The standard InChI is InChI=1S/C19H19ClN2O3S/c1-12-14(20)5-4-6-15(12)22-18(23)11-21(19(22)26)10-13-7-8-16(24-2)17(9-13)25-3/h4-9H,10-11H2,1-3H3. The summed E-state index contributed by atoms with van der Waals surface area (Å²) < 4.78 is 10.6. The lowest BCUT2D eigenvalue weighted by Crippen LogP contribution is -2.33. The number of ether oxygens (including phenoxy) is 2. The van der Waals surface area contributed by atoms with Crippen LogP contribution in [0.5, 0.6) is 11.5 Å². The Morgan fingerprint density at radius 1 is 1.15 bits per heavy atom. The number of thiocarbonyl (C=S) groups is 1. The molecule has 1 heterocycles. The molecule has 0 unspecified atom stereocenters. The van der Waals surface area contributed by atoms with E-state index in [1.807, 2.05) is 42.2 Å². The summed E-state index contributed by atoms with van der Waals surface area (Å²) >= 11 is 11.8. The first-order valence-corrected chi connectivity index (χ1v) is 8.82. The predicted molar refractivity (Wildman–Crippen MR) is 106 cm³/mol. The molecule has 0 N–H and O–H groups in total. The zero-order valence-corrected chi connectivity index (χ0v) is 16.4. The van der Waals surface area contributed by atoms with Crippen LogP contribution >= 0.6 is 23.8 Å². The third kappa shape index (κ3) is 3.34. The summed E-state index contributed by atoms with van der Waals surface area (Å²) in [6.07, 6.45) is 0. The van der Waals surface area contributed by atoms with Gasteiger partial charge in [-0.2, -0.15) is 0 Å². The van der Waals surface area contributed by atoms with Gasteiger partial charge < -0.3 is 14.4 Å². The largest absolute Gasteiger partial charge is 0.493 e. The number of carbonyl (C=O) groups is 1. The molecule has 1 aliphatic heterocycles. The first-order valence-electron chi connectivity index (χ1n) is 8.04. The Kier molecular flexibility index (Phi) is 5.34. The van der Waals surface area contributed by atoms with Gasteiger partial charge in [0.25, 0.3) is 5.91 Å². The van der Waals surface area contributed by atoms with Crippen molar-refractivity contribution in [2.75, 3.05) is 25.7 Å². The van der Waals surface area contributed by atoms with Crippen molar-refractivity contribution in [3.63, 3.8) is 0 Å². The van der Waals surface area contributed by atoms with Gasteiger partial charge in [0.2, 0.25) is 0 Å². The molecule has 3 rings (SSSR count). The molecule has 0 spiro atoms. The fourth-order valence-electron chi connectivity index (χ4n) is 2.95. The number of carbonyl (C=O) groups excluding carboxylic acids is 1. The minimum atomic E-state index is -0.0687. The number of amides is 1. The van der Waals surface area contributed by atoms with Gasteiger partial charge >= 0.3 is 0 Å². The van der Waals surface area contributed by atoms with Gasteiger partial charge in [-0.1, -0.05) is 23.7 Å². The Morgan fingerprint density at radius 2 is 1.88 bits per heavy atom. The summed E-state index contributed by atoms with van der Waals surface area (Å²) in [6.45, 7) is 2.60. The first kappa shape index (κ1) is 18.5.